The van der Waals surface area contributed by atoms with Gasteiger partial charge in [0.05, 0.1) is 5.69 Å². The van der Waals surface area contributed by atoms with Gasteiger partial charge in [-0.15, -0.1) is 0 Å². The number of para-hydroxylation sites is 1. The van der Waals surface area contributed by atoms with Gasteiger partial charge in [-0.1, -0.05) is 18.2 Å². The van der Waals surface area contributed by atoms with Crippen molar-refractivity contribution in [2.45, 2.75) is 39.0 Å². The number of rotatable bonds is 4. The minimum atomic E-state index is -0.198. The van der Waals surface area contributed by atoms with Crippen LogP contribution in [0.3, 0.4) is 0 Å². The van der Waals surface area contributed by atoms with Gasteiger partial charge in [-0.25, -0.2) is 14.5 Å². The normalized spacial score (nSPS) is 19.1. The third kappa shape index (κ3) is 3.90. The highest BCUT2D eigenvalue weighted by molar-refractivity contribution is 5.79. The summed E-state index contributed by atoms with van der Waals surface area (Å²) in [6.45, 7) is 4.98. The van der Waals surface area contributed by atoms with Crippen molar-refractivity contribution < 1.29 is 9.53 Å². The molecule has 2 fully saturated rings. The van der Waals surface area contributed by atoms with Crippen LogP contribution in [0.25, 0.3) is 5.69 Å². The van der Waals surface area contributed by atoms with E-state index >= 15 is 0 Å². The van der Waals surface area contributed by atoms with Crippen molar-refractivity contribution in [1.82, 2.24) is 19.7 Å². The molecule has 1 N–H and O–H groups in total. The van der Waals surface area contributed by atoms with Crippen molar-refractivity contribution in [2.75, 3.05) is 26.3 Å². The molecular formula is C21H28N4O3. The second-order valence-corrected chi connectivity index (χ2v) is 7.93. The number of ether oxygens (including phenoxy) is 1. The predicted molar refractivity (Wildman–Crippen MR) is 105 cm³/mol. The highest BCUT2D eigenvalue weighted by atomic mass is 16.5. The van der Waals surface area contributed by atoms with E-state index < -0.39 is 0 Å². The zero-order valence-corrected chi connectivity index (χ0v) is 16.4. The Balaban J connectivity index is 1.40. The Labute approximate surface area is 164 Å². The lowest BCUT2D eigenvalue weighted by molar-refractivity contribution is -0.139. The summed E-state index contributed by atoms with van der Waals surface area (Å²) >= 11 is 0. The fourth-order valence-electron chi connectivity index (χ4n) is 4.35. The van der Waals surface area contributed by atoms with Crippen molar-refractivity contribution in [2.24, 2.45) is 11.8 Å². The lowest BCUT2D eigenvalue weighted by atomic mass is 9.91. The van der Waals surface area contributed by atoms with Crippen LogP contribution in [0.5, 0.6) is 0 Å². The number of hydrogen-bond acceptors (Lipinski definition) is 4. The van der Waals surface area contributed by atoms with E-state index in [1.165, 1.54) is 0 Å². The topological polar surface area (TPSA) is 80.2 Å². The number of aromatic nitrogens is 3. The van der Waals surface area contributed by atoms with E-state index in [9.17, 15) is 9.59 Å². The van der Waals surface area contributed by atoms with Gasteiger partial charge in [0.15, 0.2) is 0 Å². The number of hydrogen-bond donors (Lipinski definition) is 1. The van der Waals surface area contributed by atoms with Crippen LogP contribution in [0.2, 0.25) is 0 Å². The largest absolute Gasteiger partial charge is 0.381 e. The van der Waals surface area contributed by atoms with E-state index in [2.05, 4.69) is 10.2 Å². The summed E-state index contributed by atoms with van der Waals surface area (Å²) in [6.07, 6.45) is 4.32. The zero-order chi connectivity index (χ0) is 19.5. The number of amides is 1. The van der Waals surface area contributed by atoms with Gasteiger partial charge in [0, 0.05) is 38.6 Å². The van der Waals surface area contributed by atoms with Gasteiger partial charge in [-0.3, -0.25) is 4.79 Å². The highest BCUT2D eigenvalue weighted by Gasteiger charge is 2.30. The Morgan fingerprint density at radius 2 is 1.89 bits per heavy atom. The van der Waals surface area contributed by atoms with Crippen LogP contribution < -0.4 is 5.69 Å². The van der Waals surface area contributed by atoms with E-state index in [1.54, 1.807) is 4.57 Å². The number of nitrogens with zero attached hydrogens (tertiary/aromatic N) is 3. The monoisotopic (exact) mass is 384 g/mol. The van der Waals surface area contributed by atoms with Crippen molar-refractivity contribution in [3.05, 3.63) is 46.1 Å². The summed E-state index contributed by atoms with van der Waals surface area (Å²) in [4.78, 5) is 27.1. The molecule has 0 spiro atoms. The van der Waals surface area contributed by atoms with E-state index in [-0.39, 0.29) is 11.6 Å². The molecule has 2 aliphatic rings. The van der Waals surface area contributed by atoms with Gasteiger partial charge in [0.25, 0.3) is 0 Å². The minimum Gasteiger partial charge on any atom is -0.381 e. The average molecular weight is 384 g/mol. The number of nitrogens with one attached hydrogen (secondary N) is 1. The van der Waals surface area contributed by atoms with Crippen LogP contribution in [0.15, 0.2) is 29.1 Å². The van der Waals surface area contributed by atoms with Gasteiger partial charge < -0.3 is 9.64 Å². The zero-order valence-electron chi connectivity index (χ0n) is 16.4. The van der Waals surface area contributed by atoms with Crippen LogP contribution in [-0.2, 0) is 16.0 Å². The summed E-state index contributed by atoms with van der Waals surface area (Å²) in [7, 11) is 0. The summed E-state index contributed by atoms with van der Waals surface area (Å²) in [5.41, 5.74) is 1.73. The summed E-state index contributed by atoms with van der Waals surface area (Å²) in [5, 5.41) is 6.89. The first-order valence-corrected chi connectivity index (χ1v) is 10.2. The lowest BCUT2D eigenvalue weighted by Gasteiger charge is -2.35. The number of aromatic amines is 1. The second-order valence-electron chi connectivity index (χ2n) is 7.93. The fraction of sp³-hybridized carbons (Fsp3) is 0.571. The Morgan fingerprint density at radius 1 is 1.18 bits per heavy atom. The molecule has 2 aromatic rings. The van der Waals surface area contributed by atoms with Gasteiger partial charge in [-0.2, -0.15) is 5.10 Å². The molecule has 2 aliphatic heterocycles. The number of H-pyrrole nitrogens is 1. The smallest absolute Gasteiger partial charge is 0.347 e. The molecule has 0 atom stereocenters. The van der Waals surface area contributed by atoms with E-state index in [0.717, 1.165) is 62.3 Å². The molecule has 0 unspecified atom stereocenters. The molecule has 0 aliphatic carbocycles. The third-order valence-corrected chi connectivity index (χ3v) is 6.07. The van der Waals surface area contributed by atoms with Gasteiger partial charge in [0.1, 0.15) is 5.82 Å². The standard InChI is InChI=1S/C21H28N4O3/c1-15-4-2-3-5-18(15)25-19(22-23-21(25)27)14-16-6-10-24(11-7-16)20(26)17-8-12-28-13-9-17/h2-5,16-17H,6-14H2,1H3,(H,23,27). The number of likely N-dealkylation sites (tertiary alicyclic amines) is 1. The SMILES string of the molecule is Cc1ccccc1-n1c(CC2CCN(C(=O)C3CCOCC3)CC2)n[nH]c1=O. The summed E-state index contributed by atoms with van der Waals surface area (Å²) in [5.74, 6) is 1.62. The molecule has 1 aromatic carbocycles. The average Bonchev–Trinajstić information content (AvgIpc) is 3.09. The molecule has 2 saturated heterocycles. The first-order valence-electron chi connectivity index (χ1n) is 10.2. The predicted octanol–water partition coefficient (Wildman–Crippen LogP) is 2.08. The van der Waals surface area contributed by atoms with Gasteiger partial charge in [0.2, 0.25) is 5.91 Å². The Morgan fingerprint density at radius 3 is 2.61 bits per heavy atom. The molecule has 4 rings (SSSR count). The second kappa shape index (κ2) is 8.31. The highest BCUT2D eigenvalue weighted by Crippen LogP contribution is 2.25. The van der Waals surface area contributed by atoms with Crippen LogP contribution in [0, 0.1) is 18.8 Å². The Kier molecular flexibility index (Phi) is 5.62. The van der Waals surface area contributed by atoms with Crippen LogP contribution in [0.4, 0.5) is 0 Å². The molecule has 1 aromatic heterocycles. The van der Waals surface area contributed by atoms with E-state index in [1.807, 2.05) is 36.1 Å². The van der Waals surface area contributed by atoms with Crippen LogP contribution >= 0.6 is 0 Å². The molecule has 28 heavy (non-hydrogen) atoms. The third-order valence-electron chi connectivity index (χ3n) is 6.07. The molecule has 3 heterocycles. The maximum atomic E-state index is 12.7. The van der Waals surface area contributed by atoms with Gasteiger partial charge >= 0.3 is 5.69 Å². The molecule has 150 valence electrons. The first kappa shape index (κ1) is 18.9. The number of aryl methyl sites for hydroxylation is 1. The molecule has 0 bridgehead atoms. The number of carbonyl (C=O) groups excluding carboxylic acids is 1. The number of carbonyl (C=O) groups is 1. The lowest BCUT2D eigenvalue weighted by Crippen LogP contribution is -2.43. The maximum absolute atomic E-state index is 12.7. The van der Waals surface area contributed by atoms with E-state index in [4.69, 9.17) is 4.74 Å². The van der Waals surface area contributed by atoms with Crippen molar-refractivity contribution >= 4 is 5.91 Å². The van der Waals surface area contributed by atoms with Crippen molar-refractivity contribution in [3.63, 3.8) is 0 Å². The quantitative estimate of drug-likeness (QED) is 0.875. The number of benzene rings is 1. The van der Waals surface area contributed by atoms with E-state index in [0.29, 0.717) is 25.0 Å². The summed E-state index contributed by atoms with van der Waals surface area (Å²) < 4.78 is 7.06. The van der Waals surface area contributed by atoms with Crippen LogP contribution in [-0.4, -0.2) is 51.9 Å². The van der Waals surface area contributed by atoms with Gasteiger partial charge in [-0.05, 0) is 50.2 Å². The molecule has 0 radical (unpaired) electrons. The molecule has 7 nitrogen and oxygen atoms in total. The Hall–Kier alpha value is -2.41. The first-order chi connectivity index (χ1) is 13.6. The molecule has 7 heteroatoms. The maximum Gasteiger partial charge on any atom is 0.347 e. The van der Waals surface area contributed by atoms with Crippen molar-refractivity contribution in [1.29, 1.82) is 0 Å². The number of piperidine rings is 1. The molecular weight excluding hydrogens is 356 g/mol. The van der Waals surface area contributed by atoms with Crippen LogP contribution in [0.1, 0.15) is 37.1 Å². The summed E-state index contributed by atoms with van der Waals surface area (Å²) in [6, 6.07) is 7.85. The molecule has 0 saturated carbocycles. The molecule has 1 amide bonds. The Bertz CT molecular complexity index is 874. The minimum absolute atomic E-state index is 0.128. The van der Waals surface area contributed by atoms with Crippen molar-refractivity contribution in [3.8, 4) is 5.69 Å². The fourth-order valence-corrected chi connectivity index (χ4v) is 4.35.